The summed E-state index contributed by atoms with van der Waals surface area (Å²) < 4.78 is 22.5. The summed E-state index contributed by atoms with van der Waals surface area (Å²) in [5.74, 6) is -2.33. The number of aliphatic carboxylic acids is 1. The van der Waals surface area contributed by atoms with Crippen molar-refractivity contribution in [3.63, 3.8) is 0 Å². The largest absolute Gasteiger partial charge is 0.545 e. The second-order valence-corrected chi connectivity index (χ2v) is 15.6. The van der Waals surface area contributed by atoms with Crippen molar-refractivity contribution in [2.75, 3.05) is 47.5 Å². The maximum atomic E-state index is 12.7. The van der Waals surface area contributed by atoms with Gasteiger partial charge in [-0.1, -0.05) is 152 Å². The molecule has 0 aliphatic heterocycles. The number of carboxylic acids is 1. The number of esters is 2. The van der Waals surface area contributed by atoms with E-state index in [2.05, 4.69) is 74.6 Å². The Morgan fingerprint density at radius 2 is 1.02 bits per heavy atom. The number of hydrogen-bond donors (Lipinski definition) is 0. The molecule has 9 nitrogen and oxygen atoms in total. The van der Waals surface area contributed by atoms with E-state index >= 15 is 0 Å². The maximum Gasteiger partial charge on any atom is 0.306 e. The van der Waals surface area contributed by atoms with Crippen LogP contribution in [0.3, 0.4) is 0 Å². The van der Waals surface area contributed by atoms with Crippen LogP contribution < -0.4 is 5.11 Å². The smallest absolute Gasteiger partial charge is 0.306 e. The molecule has 0 aromatic rings. The molecule has 56 heavy (non-hydrogen) atoms. The fourth-order valence-corrected chi connectivity index (χ4v) is 5.62. The molecule has 0 amide bonds. The molecule has 0 heterocycles. The van der Waals surface area contributed by atoms with E-state index in [0.717, 1.165) is 70.6 Å². The van der Waals surface area contributed by atoms with E-state index in [4.69, 9.17) is 18.9 Å². The molecular weight excluding hydrogens is 707 g/mol. The summed E-state index contributed by atoms with van der Waals surface area (Å²) in [5, 5.41) is 11.7. The standard InChI is InChI=1S/C47H81NO8/c1-6-8-10-12-14-16-18-20-21-22-23-24-25-26-28-30-32-34-36-38-45(50)56-43(42-55-47(46(51)52)53-40-39-48(3,4)5)41-54-44(49)37-35-33-31-29-27-19-17-15-13-11-9-7-2/h8,10,14,16,20-21,23-24,26,28,43,47H,6-7,9,11-13,15,17-19,22,25,27,29-42H2,1-5H3/b10-8-,16-14-,21-20-,24-23-,28-26-. The summed E-state index contributed by atoms with van der Waals surface area (Å²) >= 11 is 0. The van der Waals surface area contributed by atoms with Crippen LogP contribution in [0, 0.1) is 0 Å². The fraction of sp³-hybridized carbons (Fsp3) is 0.723. The second kappa shape index (κ2) is 38.8. The highest BCUT2D eigenvalue weighted by Gasteiger charge is 2.21. The third kappa shape index (κ3) is 39.2. The van der Waals surface area contributed by atoms with Crippen LogP contribution in [-0.2, 0) is 33.3 Å². The van der Waals surface area contributed by atoms with Crippen molar-refractivity contribution in [1.29, 1.82) is 0 Å². The number of nitrogens with zero attached hydrogens (tertiary/aromatic N) is 1. The molecule has 322 valence electrons. The zero-order valence-electron chi connectivity index (χ0n) is 36.2. The van der Waals surface area contributed by atoms with Crippen LogP contribution in [0.5, 0.6) is 0 Å². The number of allylic oxidation sites excluding steroid dienone is 10. The Hall–Kier alpha value is -3.01. The van der Waals surface area contributed by atoms with Crippen molar-refractivity contribution >= 4 is 17.9 Å². The number of carbonyl (C=O) groups excluding carboxylic acids is 3. The topological polar surface area (TPSA) is 111 Å². The van der Waals surface area contributed by atoms with Gasteiger partial charge in [0.25, 0.3) is 0 Å². The number of unbranched alkanes of at least 4 members (excludes halogenated alkanes) is 14. The van der Waals surface area contributed by atoms with Crippen LogP contribution in [0.15, 0.2) is 60.8 Å². The van der Waals surface area contributed by atoms with Gasteiger partial charge in [-0.25, -0.2) is 0 Å². The second-order valence-electron chi connectivity index (χ2n) is 15.6. The number of hydrogen-bond acceptors (Lipinski definition) is 8. The lowest BCUT2D eigenvalue weighted by Gasteiger charge is -2.26. The predicted molar refractivity (Wildman–Crippen MR) is 228 cm³/mol. The van der Waals surface area contributed by atoms with Crippen molar-refractivity contribution in [3.05, 3.63) is 60.8 Å². The Morgan fingerprint density at radius 3 is 1.52 bits per heavy atom. The van der Waals surface area contributed by atoms with Crippen molar-refractivity contribution in [2.45, 2.75) is 174 Å². The van der Waals surface area contributed by atoms with E-state index in [1.165, 1.54) is 57.8 Å². The lowest BCUT2D eigenvalue weighted by molar-refractivity contribution is -0.870. The molecule has 0 fully saturated rings. The summed E-state index contributed by atoms with van der Waals surface area (Å²) in [7, 11) is 5.89. The summed E-state index contributed by atoms with van der Waals surface area (Å²) in [6.07, 6.45) is 42.5. The van der Waals surface area contributed by atoms with Gasteiger partial charge >= 0.3 is 11.9 Å². The first-order valence-corrected chi connectivity index (χ1v) is 21.9. The van der Waals surface area contributed by atoms with E-state index in [-0.39, 0.29) is 38.6 Å². The number of ether oxygens (including phenoxy) is 4. The molecule has 9 heteroatoms. The van der Waals surface area contributed by atoms with E-state index in [1.54, 1.807) is 0 Å². The molecule has 0 saturated carbocycles. The molecule has 2 unspecified atom stereocenters. The molecule has 0 saturated heterocycles. The van der Waals surface area contributed by atoms with Gasteiger partial charge in [0.2, 0.25) is 0 Å². The first-order valence-electron chi connectivity index (χ1n) is 21.9. The molecule has 0 aromatic carbocycles. The Labute approximate surface area is 342 Å². The minimum absolute atomic E-state index is 0.139. The molecule has 0 bridgehead atoms. The molecule has 0 spiro atoms. The average Bonchev–Trinajstić information content (AvgIpc) is 3.15. The normalized spacial score (nSPS) is 13.5. The molecule has 0 rings (SSSR count). The van der Waals surface area contributed by atoms with Gasteiger partial charge in [0, 0.05) is 12.8 Å². The van der Waals surface area contributed by atoms with Gasteiger partial charge in [-0.2, -0.15) is 0 Å². The maximum absolute atomic E-state index is 12.7. The fourth-order valence-electron chi connectivity index (χ4n) is 5.62. The molecule has 2 atom stereocenters. The number of carboxylic acid groups (broad SMARTS) is 1. The van der Waals surface area contributed by atoms with Crippen molar-refractivity contribution in [1.82, 2.24) is 0 Å². The van der Waals surface area contributed by atoms with Gasteiger partial charge in [0.05, 0.1) is 40.3 Å². The molecule has 0 radical (unpaired) electrons. The number of carbonyl (C=O) groups is 3. The third-order valence-electron chi connectivity index (χ3n) is 9.03. The van der Waals surface area contributed by atoms with E-state index in [1.807, 2.05) is 21.1 Å². The zero-order valence-corrected chi connectivity index (χ0v) is 36.2. The van der Waals surface area contributed by atoms with E-state index in [9.17, 15) is 19.5 Å². The average molecular weight is 788 g/mol. The third-order valence-corrected chi connectivity index (χ3v) is 9.03. The highest BCUT2D eigenvalue weighted by atomic mass is 16.7. The van der Waals surface area contributed by atoms with Crippen LogP contribution in [0.4, 0.5) is 0 Å². The SMILES string of the molecule is CC/C=C\C/C=C\C/C=C\C/C=C\C/C=C\CCCCCC(=O)OC(COC(=O)CCCCCCCCCCCCCC)COC(OCC[N+](C)(C)C)C(=O)[O-]. The summed E-state index contributed by atoms with van der Waals surface area (Å²) in [6.45, 7) is 4.56. The van der Waals surface area contributed by atoms with E-state index < -0.39 is 24.3 Å². The van der Waals surface area contributed by atoms with Crippen LogP contribution in [0.25, 0.3) is 0 Å². The first kappa shape index (κ1) is 53.0. The quantitative estimate of drug-likeness (QED) is 0.0199. The lowest BCUT2D eigenvalue weighted by atomic mass is 10.0. The lowest BCUT2D eigenvalue weighted by Crippen LogP contribution is -2.44. The number of quaternary nitrogens is 1. The molecular formula is C47H81NO8. The first-order chi connectivity index (χ1) is 27.1. The van der Waals surface area contributed by atoms with Gasteiger partial charge < -0.3 is 33.3 Å². The van der Waals surface area contributed by atoms with Crippen LogP contribution in [0.1, 0.15) is 162 Å². The van der Waals surface area contributed by atoms with Crippen molar-refractivity contribution in [2.24, 2.45) is 0 Å². The highest BCUT2D eigenvalue weighted by Crippen LogP contribution is 2.13. The minimum atomic E-state index is -1.63. The molecule has 0 aliphatic rings. The Balaban J connectivity index is 4.53. The zero-order chi connectivity index (χ0) is 41.4. The van der Waals surface area contributed by atoms with Gasteiger partial charge in [0.1, 0.15) is 13.2 Å². The van der Waals surface area contributed by atoms with Gasteiger partial charge in [-0.05, 0) is 57.8 Å². The molecule has 0 N–H and O–H groups in total. The van der Waals surface area contributed by atoms with Gasteiger partial charge in [-0.15, -0.1) is 0 Å². The summed E-state index contributed by atoms with van der Waals surface area (Å²) in [5.41, 5.74) is 0. The highest BCUT2D eigenvalue weighted by molar-refractivity contribution is 5.70. The van der Waals surface area contributed by atoms with Crippen LogP contribution >= 0.6 is 0 Å². The van der Waals surface area contributed by atoms with Gasteiger partial charge in [0.15, 0.2) is 12.4 Å². The minimum Gasteiger partial charge on any atom is -0.545 e. The molecule has 0 aliphatic carbocycles. The number of rotatable bonds is 39. The summed E-state index contributed by atoms with van der Waals surface area (Å²) in [6, 6.07) is 0. The Kier molecular flexibility index (Phi) is 36.8. The predicted octanol–water partition coefficient (Wildman–Crippen LogP) is 10.0. The van der Waals surface area contributed by atoms with E-state index in [0.29, 0.717) is 17.4 Å². The van der Waals surface area contributed by atoms with Crippen LogP contribution in [0.2, 0.25) is 0 Å². The molecule has 0 aromatic heterocycles. The van der Waals surface area contributed by atoms with Crippen molar-refractivity contribution < 1.29 is 42.9 Å². The van der Waals surface area contributed by atoms with Crippen molar-refractivity contribution in [3.8, 4) is 0 Å². The van der Waals surface area contributed by atoms with Crippen LogP contribution in [-0.4, -0.2) is 82.3 Å². The van der Waals surface area contributed by atoms with Gasteiger partial charge in [-0.3, -0.25) is 9.59 Å². The number of likely N-dealkylation sites (N-methyl/N-ethyl adjacent to an activating group) is 1. The summed E-state index contributed by atoms with van der Waals surface area (Å²) in [4.78, 5) is 36.9. The Bertz CT molecular complexity index is 1100. The Morgan fingerprint density at radius 1 is 0.554 bits per heavy atom. The monoisotopic (exact) mass is 788 g/mol.